The maximum atomic E-state index is 12.4. The van der Waals surface area contributed by atoms with Crippen molar-refractivity contribution in [3.8, 4) is 0 Å². The average molecular weight is 269 g/mol. The Morgan fingerprint density at radius 2 is 1.58 bits per heavy atom. The Bertz CT molecular complexity index is 337. The highest BCUT2D eigenvalue weighted by Gasteiger charge is 2.54. The molecule has 0 unspecified atom stereocenters. The van der Waals surface area contributed by atoms with Gasteiger partial charge in [-0.3, -0.25) is 4.79 Å². The molecule has 0 spiro atoms. The maximum Gasteiger partial charge on any atom is 0.470 e. The highest BCUT2D eigenvalue weighted by molar-refractivity contribution is 6.52. The van der Waals surface area contributed by atoms with Crippen LogP contribution in [0.25, 0.3) is 0 Å². The molecule has 2 aliphatic rings. The summed E-state index contributed by atoms with van der Waals surface area (Å²) in [5.74, 6) is -0.207. The van der Waals surface area contributed by atoms with E-state index in [9.17, 15) is 4.79 Å². The summed E-state index contributed by atoms with van der Waals surface area (Å²) in [5.41, 5.74) is -0.783. The Morgan fingerprint density at radius 3 is 2.05 bits per heavy atom. The number of carbonyl (C=O) groups is 1. The van der Waals surface area contributed by atoms with Crippen molar-refractivity contribution in [3.63, 3.8) is 0 Å². The van der Waals surface area contributed by atoms with Gasteiger partial charge in [-0.2, -0.15) is 0 Å². The molecular weight excluding hydrogens is 245 g/mol. The highest BCUT2D eigenvalue weighted by atomic mass is 16.7. The van der Waals surface area contributed by atoms with E-state index in [1.54, 1.807) is 0 Å². The van der Waals surface area contributed by atoms with Crippen LogP contribution in [0, 0.1) is 0 Å². The van der Waals surface area contributed by atoms with Crippen molar-refractivity contribution in [1.82, 2.24) is 4.90 Å². The zero-order valence-electron chi connectivity index (χ0n) is 12.6. The van der Waals surface area contributed by atoms with Crippen molar-refractivity contribution >= 4 is 13.0 Å². The van der Waals surface area contributed by atoms with Crippen LogP contribution in [0.4, 0.5) is 0 Å². The summed E-state index contributed by atoms with van der Waals surface area (Å²) in [7, 11) is -0.472. The van der Waals surface area contributed by atoms with E-state index >= 15 is 0 Å². The van der Waals surface area contributed by atoms with E-state index in [0.717, 1.165) is 0 Å². The number of amides is 1. The quantitative estimate of drug-likeness (QED) is 0.709. The molecule has 1 amide bonds. The molecule has 0 bridgehead atoms. The van der Waals surface area contributed by atoms with E-state index < -0.39 is 18.3 Å². The average Bonchev–Trinajstić information content (AvgIpc) is 2.58. The Hall–Kier alpha value is -0.585. The van der Waals surface area contributed by atoms with E-state index in [4.69, 9.17) is 14.0 Å². The molecule has 5 nitrogen and oxygen atoms in total. The molecule has 2 fully saturated rings. The minimum Gasteiger partial charge on any atom is -0.403 e. The Morgan fingerprint density at radius 1 is 1.11 bits per heavy atom. The molecule has 0 saturated carbocycles. The highest BCUT2D eigenvalue weighted by Crippen LogP contribution is 2.40. The standard InChI is InChI=1S/C13H24BNO4/c1-10(11(16)15-6-8-17-9-7-15)14-18-12(2,3)13(4,5)19-14/h10H,6-9H2,1-5H3/t10-/m1/s1. The predicted molar refractivity (Wildman–Crippen MR) is 72.9 cm³/mol. The van der Waals surface area contributed by atoms with E-state index in [2.05, 4.69) is 0 Å². The van der Waals surface area contributed by atoms with Crippen molar-refractivity contribution in [2.24, 2.45) is 0 Å². The molecule has 2 saturated heterocycles. The van der Waals surface area contributed by atoms with Crippen LogP contribution >= 0.6 is 0 Å². The smallest absolute Gasteiger partial charge is 0.403 e. The monoisotopic (exact) mass is 269 g/mol. The summed E-state index contributed by atoms with van der Waals surface area (Å²) >= 11 is 0. The molecule has 19 heavy (non-hydrogen) atoms. The molecule has 0 N–H and O–H groups in total. The number of rotatable bonds is 2. The van der Waals surface area contributed by atoms with Crippen LogP contribution < -0.4 is 0 Å². The van der Waals surface area contributed by atoms with Gasteiger partial charge in [0.15, 0.2) is 0 Å². The first-order chi connectivity index (χ1) is 8.74. The van der Waals surface area contributed by atoms with Crippen LogP contribution in [0.2, 0.25) is 5.82 Å². The lowest BCUT2D eigenvalue weighted by Gasteiger charge is -2.32. The van der Waals surface area contributed by atoms with Crippen molar-refractivity contribution in [1.29, 1.82) is 0 Å². The number of hydrogen-bond donors (Lipinski definition) is 0. The van der Waals surface area contributed by atoms with Crippen molar-refractivity contribution in [2.45, 2.75) is 51.6 Å². The summed E-state index contributed by atoms with van der Waals surface area (Å²) in [4.78, 5) is 14.3. The van der Waals surface area contributed by atoms with Gasteiger partial charge in [0.1, 0.15) is 0 Å². The molecule has 0 radical (unpaired) electrons. The predicted octanol–water partition coefficient (Wildman–Crippen LogP) is 1.33. The maximum absolute atomic E-state index is 12.4. The zero-order chi connectivity index (χ0) is 14.3. The fraction of sp³-hybridized carbons (Fsp3) is 0.923. The fourth-order valence-corrected chi connectivity index (χ4v) is 2.28. The first-order valence-corrected chi connectivity index (χ1v) is 6.97. The van der Waals surface area contributed by atoms with Gasteiger partial charge >= 0.3 is 7.12 Å². The molecule has 2 rings (SSSR count). The van der Waals surface area contributed by atoms with Gasteiger partial charge in [0, 0.05) is 13.1 Å². The molecule has 108 valence electrons. The number of ether oxygens (including phenoxy) is 1. The lowest BCUT2D eigenvalue weighted by molar-refractivity contribution is -0.135. The van der Waals surface area contributed by atoms with Crippen LogP contribution in [-0.2, 0) is 18.8 Å². The van der Waals surface area contributed by atoms with E-state index in [1.807, 2.05) is 39.5 Å². The Kier molecular flexibility index (Phi) is 3.96. The van der Waals surface area contributed by atoms with Gasteiger partial charge in [-0.05, 0) is 27.7 Å². The summed E-state index contributed by atoms with van der Waals surface area (Å²) in [5, 5.41) is 0. The number of carbonyl (C=O) groups excluding carboxylic acids is 1. The third kappa shape index (κ3) is 2.80. The van der Waals surface area contributed by atoms with Crippen LogP contribution in [-0.4, -0.2) is 55.4 Å². The Balaban J connectivity index is 2.00. The van der Waals surface area contributed by atoms with Gasteiger partial charge in [0.25, 0.3) is 0 Å². The number of nitrogens with zero attached hydrogens (tertiary/aromatic N) is 1. The molecular formula is C13H24BNO4. The first-order valence-electron chi connectivity index (χ1n) is 6.97. The van der Waals surface area contributed by atoms with Crippen molar-refractivity contribution < 1.29 is 18.8 Å². The summed E-state index contributed by atoms with van der Waals surface area (Å²) in [6, 6.07) is 0. The minimum absolute atomic E-state index is 0.0850. The van der Waals surface area contributed by atoms with Gasteiger partial charge in [-0.25, -0.2) is 0 Å². The second kappa shape index (κ2) is 5.07. The third-order valence-electron chi connectivity index (χ3n) is 4.39. The van der Waals surface area contributed by atoms with Gasteiger partial charge in [0.05, 0.1) is 30.2 Å². The van der Waals surface area contributed by atoms with E-state index in [-0.39, 0.29) is 11.7 Å². The third-order valence-corrected chi connectivity index (χ3v) is 4.39. The summed E-state index contributed by atoms with van der Waals surface area (Å²) < 4.78 is 17.1. The first kappa shape index (κ1) is 14.8. The molecule has 2 aliphatic heterocycles. The molecule has 0 aromatic rings. The Labute approximate surface area is 115 Å². The lowest BCUT2D eigenvalue weighted by atomic mass is 9.72. The van der Waals surface area contributed by atoms with Gasteiger partial charge in [-0.1, -0.05) is 6.92 Å². The van der Waals surface area contributed by atoms with Gasteiger partial charge in [0.2, 0.25) is 5.91 Å². The molecule has 0 aromatic heterocycles. The number of morpholine rings is 1. The number of hydrogen-bond acceptors (Lipinski definition) is 4. The van der Waals surface area contributed by atoms with Crippen LogP contribution in [0.15, 0.2) is 0 Å². The lowest BCUT2D eigenvalue weighted by Crippen LogP contribution is -2.45. The molecule has 1 atom stereocenters. The molecule has 6 heteroatoms. The fourth-order valence-electron chi connectivity index (χ4n) is 2.28. The molecule has 0 aromatic carbocycles. The van der Waals surface area contributed by atoms with Crippen LogP contribution in [0.1, 0.15) is 34.6 Å². The second-order valence-electron chi connectivity index (χ2n) is 6.35. The van der Waals surface area contributed by atoms with Crippen molar-refractivity contribution in [2.75, 3.05) is 26.3 Å². The van der Waals surface area contributed by atoms with Crippen LogP contribution in [0.3, 0.4) is 0 Å². The summed E-state index contributed by atoms with van der Waals surface area (Å²) in [6.07, 6.45) is 0. The minimum atomic E-state index is -0.472. The second-order valence-corrected chi connectivity index (χ2v) is 6.35. The summed E-state index contributed by atoms with van der Waals surface area (Å²) in [6.45, 7) is 12.4. The van der Waals surface area contributed by atoms with Gasteiger partial charge in [-0.15, -0.1) is 0 Å². The normalized spacial score (nSPS) is 27.4. The molecule has 0 aliphatic carbocycles. The van der Waals surface area contributed by atoms with Crippen LogP contribution in [0.5, 0.6) is 0 Å². The van der Waals surface area contributed by atoms with E-state index in [0.29, 0.717) is 26.3 Å². The topological polar surface area (TPSA) is 48.0 Å². The SMILES string of the molecule is C[C@@H](B1OC(C)(C)C(C)(C)O1)C(=O)N1CCOCC1. The largest absolute Gasteiger partial charge is 0.470 e. The zero-order valence-corrected chi connectivity index (χ0v) is 12.6. The van der Waals surface area contributed by atoms with Crippen molar-refractivity contribution in [3.05, 3.63) is 0 Å². The van der Waals surface area contributed by atoms with E-state index in [1.165, 1.54) is 0 Å². The van der Waals surface area contributed by atoms with Gasteiger partial charge < -0.3 is 18.9 Å². The molecule has 2 heterocycles.